The quantitative estimate of drug-likeness (QED) is 0.444. The highest BCUT2D eigenvalue weighted by atomic mass is 32.2. The molecule has 0 saturated heterocycles. The standard InChI is InChI=1S/C22H20F2N4O2S/c1-3-30-14-9-17(23)16(18(24)10-14)11-28-19-7-5-4-6-15(19)21(27-28)22-25-13(12-31-2)8-20(29)26-22/h4-10H,3,11-12H2,1-2H3,(H,25,26,29). The van der Waals surface area contributed by atoms with Crippen molar-refractivity contribution in [2.75, 3.05) is 12.9 Å². The van der Waals surface area contributed by atoms with E-state index in [1.807, 2.05) is 30.5 Å². The molecule has 0 saturated carbocycles. The lowest BCUT2D eigenvalue weighted by molar-refractivity contribution is 0.335. The molecule has 2 aromatic heterocycles. The lowest BCUT2D eigenvalue weighted by Crippen LogP contribution is -2.07. The molecule has 160 valence electrons. The Morgan fingerprint density at radius 2 is 1.84 bits per heavy atom. The van der Waals surface area contributed by atoms with E-state index in [9.17, 15) is 13.9 Å². The zero-order valence-corrected chi connectivity index (χ0v) is 17.8. The van der Waals surface area contributed by atoms with E-state index < -0.39 is 11.6 Å². The zero-order valence-electron chi connectivity index (χ0n) is 17.0. The van der Waals surface area contributed by atoms with Crippen LogP contribution in [0.4, 0.5) is 8.78 Å². The van der Waals surface area contributed by atoms with E-state index >= 15 is 0 Å². The number of para-hydroxylation sites is 1. The van der Waals surface area contributed by atoms with E-state index in [-0.39, 0.29) is 29.6 Å². The molecule has 0 aliphatic rings. The number of hydrogen-bond donors (Lipinski definition) is 1. The van der Waals surface area contributed by atoms with Gasteiger partial charge in [0.1, 0.15) is 23.1 Å². The summed E-state index contributed by atoms with van der Waals surface area (Å²) < 4.78 is 35.9. The minimum atomic E-state index is -0.708. The molecular weight excluding hydrogens is 422 g/mol. The molecule has 0 bridgehead atoms. The highest BCUT2D eigenvalue weighted by Gasteiger charge is 2.19. The molecule has 0 fully saturated rings. The Bertz CT molecular complexity index is 1220. The summed E-state index contributed by atoms with van der Waals surface area (Å²) in [5.74, 6) is -0.574. The van der Waals surface area contributed by atoms with Crippen LogP contribution < -0.4 is 4.74 Å². The van der Waals surface area contributed by atoms with Crippen molar-refractivity contribution in [3.8, 4) is 23.1 Å². The average Bonchev–Trinajstić information content (AvgIpc) is 3.09. The second-order valence-electron chi connectivity index (χ2n) is 6.80. The molecule has 4 aromatic rings. The molecule has 2 heterocycles. The fraction of sp³-hybridized carbons (Fsp3) is 0.227. The molecule has 0 spiro atoms. The average molecular weight is 442 g/mol. The topological polar surface area (TPSA) is 73.1 Å². The van der Waals surface area contributed by atoms with Crippen LogP contribution in [0, 0.1) is 11.6 Å². The first-order chi connectivity index (χ1) is 15.0. The van der Waals surface area contributed by atoms with Gasteiger partial charge < -0.3 is 9.84 Å². The van der Waals surface area contributed by atoms with Crippen LogP contribution in [0.2, 0.25) is 0 Å². The zero-order chi connectivity index (χ0) is 22.0. The van der Waals surface area contributed by atoms with Gasteiger partial charge in [-0.05, 0) is 19.2 Å². The van der Waals surface area contributed by atoms with Gasteiger partial charge in [-0.3, -0.25) is 4.68 Å². The monoisotopic (exact) mass is 442 g/mol. The summed E-state index contributed by atoms with van der Waals surface area (Å²) in [6.07, 6.45) is 1.93. The Labute approximate surface area is 181 Å². The van der Waals surface area contributed by atoms with Gasteiger partial charge in [-0.2, -0.15) is 21.8 Å². The number of aromatic hydroxyl groups is 1. The van der Waals surface area contributed by atoms with Gasteiger partial charge in [-0.1, -0.05) is 18.2 Å². The van der Waals surface area contributed by atoms with E-state index in [2.05, 4.69) is 15.1 Å². The molecule has 0 aliphatic heterocycles. The predicted molar refractivity (Wildman–Crippen MR) is 116 cm³/mol. The van der Waals surface area contributed by atoms with Crippen molar-refractivity contribution in [1.82, 2.24) is 19.7 Å². The number of ether oxygens (including phenoxy) is 1. The van der Waals surface area contributed by atoms with Gasteiger partial charge in [0.15, 0.2) is 5.82 Å². The maximum absolute atomic E-state index is 14.6. The molecule has 0 aliphatic carbocycles. The van der Waals surface area contributed by atoms with Crippen molar-refractivity contribution in [2.45, 2.75) is 19.2 Å². The molecule has 0 amide bonds. The number of rotatable bonds is 7. The summed E-state index contributed by atoms with van der Waals surface area (Å²) in [6, 6.07) is 11.1. The van der Waals surface area contributed by atoms with Gasteiger partial charge in [0.25, 0.3) is 0 Å². The van der Waals surface area contributed by atoms with Crippen LogP contribution in [0.3, 0.4) is 0 Å². The number of halogens is 2. The maximum atomic E-state index is 14.6. The molecule has 0 radical (unpaired) electrons. The summed E-state index contributed by atoms with van der Waals surface area (Å²) in [7, 11) is 0. The third-order valence-corrected chi connectivity index (χ3v) is 5.25. The van der Waals surface area contributed by atoms with Crippen molar-refractivity contribution in [1.29, 1.82) is 0 Å². The molecule has 2 aromatic carbocycles. The van der Waals surface area contributed by atoms with Gasteiger partial charge in [0.05, 0.1) is 24.4 Å². The van der Waals surface area contributed by atoms with Crippen molar-refractivity contribution in [3.63, 3.8) is 0 Å². The number of nitrogens with zero attached hydrogens (tertiary/aromatic N) is 4. The van der Waals surface area contributed by atoms with Gasteiger partial charge >= 0.3 is 0 Å². The van der Waals surface area contributed by atoms with Crippen molar-refractivity contribution < 1.29 is 18.6 Å². The highest BCUT2D eigenvalue weighted by molar-refractivity contribution is 7.97. The first-order valence-corrected chi connectivity index (χ1v) is 11.0. The second-order valence-corrected chi connectivity index (χ2v) is 7.66. The van der Waals surface area contributed by atoms with Gasteiger partial charge in [-0.25, -0.2) is 13.8 Å². The van der Waals surface area contributed by atoms with Crippen LogP contribution in [0.5, 0.6) is 11.6 Å². The summed E-state index contributed by atoms with van der Waals surface area (Å²) in [6.45, 7) is 1.93. The van der Waals surface area contributed by atoms with Crippen LogP contribution in [0.1, 0.15) is 18.2 Å². The van der Waals surface area contributed by atoms with Gasteiger partial charge in [-0.15, -0.1) is 0 Å². The fourth-order valence-electron chi connectivity index (χ4n) is 3.35. The smallest absolute Gasteiger partial charge is 0.214 e. The second kappa shape index (κ2) is 8.89. The van der Waals surface area contributed by atoms with E-state index in [0.29, 0.717) is 29.3 Å². The largest absolute Gasteiger partial charge is 0.494 e. The van der Waals surface area contributed by atoms with Crippen LogP contribution in [0.15, 0.2) is 42.5 Å². The van der Waals surface area contributed by atoms with Crippen LogP contribution in [-0.2, 0) is 12.3 Å². The van der Waals surface area contributed by atoms with Crippen molar-refractivity contribution in [3.05, 3.63) is 65.4 Å². The summed E-state index contributed by atoms with van der Waals surface area (Å²) in [4.78, 5) is 8.62. The molecule has 6 nitrogen and oxygen atoms in total. The lowest BCUT2D eigenvalue weighted by atomic mass is 10.1. The number of fused-ring (bicyclic) bond motifs is 1. The van der Waals surface area contributed by atoms with Crippen molar-refractivity contribution >= 4 is 22.7 Å². The molecule has 0 unspecified atom stereocenters. The Hall–Kier alpha value is -3.20. The highest BCUT2D eigenvalue weighted by Crippen LogP contribution is 2.29. The molecule has 31 heavy (non-hydrogen) atoms. The number of aromatic nitrogens is 4. The minimum absolute atomic E-state index is 0.122. The maximum Gasteiger partial charge on any atom is 0.214 e. The fourth-order valence-corrected chi connectivity index (χ4v) is 3.80. The predicted octanol–water partition coefficient (Wildman–Crippen LogP) is 4.79. The Morgan fingerprint density at radius 3 is 2.55 bits per heavy atom. The lowest BCUT2D eigenvalue weighted by Gasteiger charge is -2.09. The first-order valence-electron chi connectivity index (χ1n) is 9.62. The molecular formula is C22H20F2N4O2S. The van der Waals surface area contributed by atoms with E-state index in [4.69, 9.17) is 4.74 Å². The summed E-state index contributed by atoms with van der Waals surface area (Å²) in [5, 5.41) is 15.3. The van der Waals surface area contributed by atoms with Crippen LogP contribution in [0.25, 0.3) is 22.4 Å². The third-order valence-electron chi connectivity index (χ3n) is 4.66. The SMILES string of the molecule is CCOc1cc(F)c(Cn2nc(-c3nc(O)cc(CSC)n3)c3ccccc32)c(F)c1. The normalized spacial score (nSPS) is 11.2. The van der Waals surface area contributed by atoms with Crippen LogP contribution in [-0.4, -0.2) is 37.7 Å². The van der Waals surface area contributed by atoms with E-state index in [0.717, 1.165) is 5.39 Å². The number of benzene rings is 2. The third kappa shape index (κ3) is 4.32. The first kappa shape index (κ1) is 21.0. The summed E-state index contributed by atoms with van der Waals surface area (Å²) >= 11 is 1.57. The van der Waals surface area contributed by atoms with Gasteiger partial charge in [0, 0.05) is 34.9 Å². The minimum Gasteiger partial charge on any atom is -0.494 e. The molecule has 9 heteroatoms. The van der Waals surface area contributed by atoms with Crippen molar-refractivity contribution in [2.24, 2.45) is 0 Å². The Morgan fingerprint density at radius 1 is 1.10 bits per heavy atom. The molecule has 4 rings (SSSR count). The van der Waals surface area contributed by atoms with Gasteiger partial charge in [0.2, 0.25) is 5.88 Å². The number of thioether (sulfide) groups is 1. The summed E-state index contributed by atoms with van der Waals surface area (Å²) in [5.41, 5.74) is 1.64. The van der Waals surface area contributed by atoms with E-state index in [1.54, 1.807) is 18.7 Å². The van der Waals surface area contributed by atoms with Crippen LogP contribution >= 0.6 is 11.8 Å². The Kier molecular flexibility index (Phi) is 6.03. The molecule has 1 N–H and O–H groups in total. The Balaban J connectivity index is 1.80. The van der Waals surface area contributed by atoms with E-state index in [1.165, 1.54) is 22.9 Å². The molecule has 0 atom stereocenters. The number of hydrogen-bond acceptors (Lipinski definition) is 6.